The highest BCUT2D eigenvalue weighted by Gasteiger charge is 2.54. The molecule has 4 bridgehead atoms. The van der Waals surface area contributed by atoms with Crippen LogP contribution < -0.4 is 10.6 Å². The molecular weight excluding hydrogens is 356 g/mol. The number of carboxylic acid groups (broad SMARTS) is 1. The number of benzene rings is 1. The Morgan fingerprint density at radius 1 is 1.00 bits per heavy atom. The number of hydrogen-bond donors (Lipinski definition) is 3. The molecule has 1 unspecified atom stereocenters. The summed E-state index contributed by atoms with van der Waals surface area (Å²) in [5.74, 6) is 0.378. The lowest BCUT2D eigenvalue weighted by Crippen LogP contribution is -2.58. The third-order valence-corrected chi connectivity index (χ3v) is 6.84. The van der Waals surface area contributed by atoms with E-state index in [2.05, 4.69) is 10.6 Å². The van der Waals surface area contributed by atoms with E-state index in [0.29, 0.717) is 24.2 Å². The average Bonchev–Trinajstić information content (AvgIpc) is 2.65. The van der Waals surface area contributed by atoms with Crippen LogP contribution in [0.5, 0.6) is 0 Å². The summed E-state index contributed by atoms with van der Waals surface area (Å²) in [4.78, 5) is 36.8. The third kappa shape index (κ3) is 3.91. The fraction of sp³-hybridized carbons (Fsp3) is 0.591. The van der Waals surface area contributed by atoms with Gasteiger partial charge in [0.2, 0.25) is 11.8 Å². The third-order valence-electron chi connectivity index (χ3n) is 6.84. The van der Waals surface area contributed by atoms with Crippen LogP contribution >= 0.6 is 0 Å². The van der Waals surface area contributed by atoms with E-state index in [1.54, 1.807) is 0 Å². The molecule has 6 heteroatoms. The number of rotatable bonds is 7. The van der Waals surface area contributed by atoms with Crippen molar-refractivity contribution in [3.63, 3.8) is 0 Å². The maximum atomic E-state index is 13.3. The molecule has 0 spiro atoms. The predicted molar refractivity (Wildman–Crippen MR) is 103 cm³/mol. The van der Waals surface area contributed by atoms with Crippen LogP contribution in [0.3, 0.4) is 0 Å². The largest absolute Gasteiger partial charge is 0.480 e. The fourth-order valence-electron chi connectivity index (χ4n) is 6.05. The molecule has 150 valence electrons. The summed E-state index contributed by atoms with van der Waals surface area (Å²) in [5.41, 5.74) is 0.598. The molecule has 4 aliphatic carbocycles. The first-order chi connectivity index (χ1) is 13.4. The van der Waals surface area contributed by atoms with Crippen molar-refractivity contribution >= 4 is 17.8 Å². The lowest BCUT2D eigenvalue weighted by Gasteiger charge is -2.55. The maximum absolute atomic E-state index is 13.3. The van der Waals surface area contributed by atoms with Gasteiger partial charge in [0.05, 0.1) is 0 Å². The van der Waals surface area contributed by atoms with Crippen LogP contribution in [-0.4, -0.2) is 35.5 Å². The first-order valence-corrected chi connectivity index (χ1v) is 10.3. The standard InChI is InChI=1S/C22H28N2O4/c25-19(26)13-23-20(27)18(9-14-4-2-1-3-5-14)24-21(28)22-10-15-6-16(11-22)8-17(7-15)12-22/h1-5,15-18H,6-13H2,(H,23,27)(H,24,28)(H,25,26). The van der Waals surface area contributed by atoms with Gasteiger partial charge in [0.1, 0.15) is 12.6 Å². The minimum Gasteiger partial charge on any atom is -0.480 e. The Balaban J connectivity index is 1.49. The zero-order valence-electron chi connectivity index (χ0n) is 16.0. The number of carbonyl (C=O) groups excluding carboxylic acids is 2. The van der Waals surface area contributed by atoms with E-state index in [1.807, 2.05) is 30.3 Å². The van der Waals surface area contributed by atoms with Gasteiger partial charge >= 0.3 is 5.97 Å². The minimum absolute atomic E-state index is 0.0157. The lowest BCUT2D eigenvalue weighted by molar-refractivity contribution is -0.148. The van der Waals surface area contributed by atoms with Crippen LogP contribution in [0.25, 0.3) is 0 Å². The lowest BCUT2D eigenvalue weighted by atomic mass is 9.49. The molecule has 1 atom stereocenters. The second-order valence-corrected chi connectivity index (χ2v) is 9.03. The molecule has 28 heavy (non-hydrogen) atoms. The highest BCUT2D eigenvalue weighted by atomic mass is 16.4. The molecule has 0 aromatic heterocycles. The number of amides is 2. The summed E-state index contributed by atoms with van der Waals surface area (Å²) >= 11 is 0. The van der Waals surface area contributed by atoms with Crippen LogP contribution in [0, 0.1) is 23.2 Å². The molecule has 6 nitrogen and oxygen atoms in total. The molecule has 4 aliphatic rings. The maximum Gasteiger partial charge on any atom is 0.322 e. The van der Waals surface area contributed by atoms with Gasteiger partial charge in [-0.1, -0.05) is 30.3 Å². The van der Waals surface area contributed by atoms with E-state index >= 15 is 0 Å². The SMILES string of the molecule is O=C(O)CNC(=O)C(Cc1ccccc1)NC(=O)C12CC3CC(CC(C3)C1)C2. The number of aliphatic carboxylic acids is 1. The Labute approximate surface area is 165 Å². The van der Waals surface area contributed by atoms with Crippen molar-refractivity contribution in [2.45, 2.75) is 51.0 Å². The highest BCUT2D eigenvalue weighted by molar-refractivity contribution is 5.91. The quantitative estimate of drug-likeness (QED) is 0.671. The van der Waals surface area contributed by atoms with Crippen molar-refractivity contribution in [2.24, 2.45) is 23.2 Å². The van der Waals surface area contributed by atoms with Crippen LogP contribution in [-0.2, 0) is 20.8 Å². The first kappa shape index (κ1) is 19.0. The molecule has 0 saturated heterocycles. The molecule has 2 amide bonds. The van der Waals surface area contributed by atoms with Crippen molar-refractivity contribution in [3.8, 4) is 0 Å². The van der Waals surface area contributed by atoms with Gasteiger partial charge < -0.3 is 15.7 Å². The molecule has 3 N–H and O–H groups in total. The Morgan fingerprint density at radius 2 is 1.57 bits per heavy atom. The molecule has 5 rings (SSSR count). The summed E-state index contributed by atoms with van der Waals surface area (Å²) in [7, 11) is 0. The monoisotopic (exact) mass is 384 g/mol. The highest BCUT2D eigenvalue weighted by Crippen LogP contribution is 2.60. The Kier molecular flexibility index (Phi) is 5.13. The smallest absolute Gasteiger partial charge is 0.322 e. The number of carboxylic acids is 1. The number of carbonyl (C=O) groups is 3. The zero-order valence-corrected chi connectivity index (χ0v) is 16.0. The van der Waals surface area contributed by atoms with Gasteiger partial charge in [-0.25, -0.2) is 0 Å². The normalized spacial score (nSPS) is 31.2. The average molecular weight is 384 g/mol. The van der Waals surface area contributed by atoms with E-state index in [9.17, 15) is 14.4 Å². The Hall–Kier alpha value is -2.37. The van der Waals surface area contributed by atoms with Crippen molar-refractivity contribution in [3.05, 3.63) is 35.9 Å². The van der Waals surface area contributed by atoms with Gasteiger partial charge in [0, 0.05) is 11.8 Å². The summed E-state index contributed by atoms with van der Waals surface area (Å²) in [5, 5.41) is 14.3. The predicted octanol–water partition coefficient (Wildman–Crippen LogP) is 2.13. The number of nitrogens with one attached hydrogen (secondary N) is 2. The zero-order chi connectivity index (χ0) is 19.7. The van der Waals surface area contributed by atoms with Gasteiger partial charge in [-0.15, -0.1) is 0 Å². The summed E-state index contributed by atoms with van der Waals surface area (Å²) in [6, 6.07) is 8.74. The van der Waals surface area contributed by atoms with Gasteiger partial charge in [-0.05, 0) is 61.8 Å². The Morgan fingerprint density at radius 3 is 2.11 bits per heavy atom. The topological polar surface area (TPSA) is 95.5 Å². The molecule has 0 heterocycles. The fourth-order valence-corrected chi connectivity index (χ4v) is 6.05. The second-order valence-electron chi connectivity index (χ2n) is 9.03. The van der Waals surface area contributed by atoms with Gasteiger partial charge in [0.15, 0.2) is 0 Å². The van der Waals surface area contributed by atoms with Crippen LogP contribution in [0.4, 0.5) is 0 Å². The summed E-state index contributed by atoms with van der Waals surface area (Å²) in [6.45, 7) is -0.447. The van der Waals surface area contributed by atoms with Crippen molar-refractivity contribution in [1.29, 1.82) is 0 Å². The second kappa shape index (κ2) is 7.57. The van der Waals surface area contributed by atoms with E-state index in [-0.39, 0.29) is 11.3 Å². The molecule has 0 aliphatic heterocycles. The van der Waals surface area contributed by atoms with Crippen LogP contribution in [0.2, 0.25) is 0 Å². The van der Waals surface area contributed by atoms with E-state index < -0.39 is 24.5 Å². The molecule has 4 saturated carbocycles. The van der Waals surface area contributed by atoms with Crippen molar-refractivity contribution in [2.75, 3.05) is 6.54 Å². The van der Waals surface area contributed by atoms with E-state index in [0.717, 1.165) is 24.8 Å². The molecule has 0 radical (unpaired) electrons. The molecular formula is C22H28N2O4. The molecule has 1 aromatic carbocycles. The molecule has 1 aromatic rings. The van der Waals surface area contributed by atoms with E-state index in [1.165, 1.54) is 19.3 Å². The van der Waals surface area contributed by atoms with Gasteiger partial charge in [-0.2, -0.15) is 0 Å². The Bertz CT molecular complexity index is 726. The molecule has 4 fully saturated rings. The van der Waals surface area contributed by atoms with Crippen LogP contribution in [0.15, 0.2) is 30.3 Å². The first-order valence-electron chi connectivity index (χ1n) is 10.3. The van der Waals surface area contributed by atoms with Crippen molar-refractivity contribution in [1.82, 2.24) is 10.6 Å². The minimum atomic E-state index is -1.10. The summed E-state index contributed by atoms with van der Waals surface area (Å²) in [6.07, 6.45) is 6.89. The van der Waals surface area contributed by atoms with Crippen LogP contribution in [0.1, 0.15) is 44.1 Å². The van der Waals surface area contributed by atoms with Gasteiger partial charge in [-0.3, -0.25) is 14.4 Å². The number of hydrogen-bond acceptors (Lipinski definition) is 3. The van der Waals surface area contributed by atoms with E-state index in [4.69, 9.17) is 5.11 Å². The summed E-state index contributed by atoms with van der Waals surface area (Å²) < 4.78 is 0. The van der Waals surface area contributed by atoms with Gasteiger partial charge in [0.25, 0.3) is 0 Å². The van der Waals surface area contributed by atoms with Crippen molar-refractivity contribution < 1.29 is 19.5 Å².